The number of para-hydroxylation sites is 2. The third-order valence-electron chi connectivity index (χ3n) is 4.42. The van der Waals surface area contributed by atoms with E-state index in [1.165, 1.54) is 12.1 Å². The number of nitrogens with two attached hydrogens (primary N) is 1. The van der Waals surface area contributed by atoms with Crippen LogP contribution in [0.25, 0.3) is 11.0 Å². The number of aliphatic carboxylic acids is 1. The van der Waals surface area contributed by atoms with E-state index in [0.717, 1.165) is 5.56 Å². The number of Topliss-reactive ketones (excluding diaryl/α,β-unsaturated/α-hetero) is 1. The van der Waals surface area contributed by atoms with Crippen molar-refractivity contribution in [1.82, 2.24) is 0 Å². The summed E-state index contributed by atoms with van der Waals surface area (Å²) in [6.45, 7) is -0.738. The summed E-state index contributed by atoms with van der Waals surface area (Å²) >= 11 is 0. The van der Waals surface area contributed by atoms with E-state index in [-0.39, 0.29) is 35.4 Å². The van der Waals surface area contributed by atoms with Crippen molar-refractivity contribution in [2.75, 3.05) is 6.54 Å². The van der Waals surface area contributed by atoms with E-state index < -0.39 is 18.3 Å². The van der Waals surface area contributed by atoms with E-state index in [0.29, 0.717) is 21.6 Å². The van der Waals surface area contributed by atoms with Gasteiger partial charge in [0.25, 0.3) is 11.0 Å². The van der Waals surface area contributed by atoms with Crippen LogP contribution < -0.4 is 19.9 Å². The fourth-order valence-corrected chi connectivity index (χ4v) is 2.94. The fourth-order valence-electron chi connectivity index (χ4n) is 2.94. The molecule has 0 aliphatic carbocycles. The van der Waals surface area contributed by atoms with Crippen molar-refractivity contribution in [2.24, 2.45) is 5.73 Å². The number of carbonyl (C=O) groups is 2. The largest absolute Gasteiger partial charge is 0.618 e. The molecule has 9 heteroatoms. The molecule has 0 radical (unpaired) electrons. The van der Waals surface area contributed by atoms with Crippen LogP contribution in [-0.4, -0.2) is 23.4 Å². The molecular weight excluding hydrogens is 378 g/mol. The van der Waals surface area contributed by atoms with Gasteiger partial charge in [-0.1, -0.05) is 24.3 Å². The van der Waals surface area contributed by atoms with Gasteiger partial charge in [-0.15, -0.1) is 0 Å². The minimum atomic E-state index is -0.885. The summed E-state index contributed by atoms with van der Waals surface area (Å²) in [5.74, 6) is -1.15. The highest BCUT2D eigenvalue weighted by molar-refractivity contribution is 5.95. The van der Waals surface area contributed by atoms with Crippen molar-refractivity contribution in [3.05, 3.63) is 75.9 Å². The first-order chi connectivity index (χ1) is 13.9. The molecule has 1 heterocycles. The van der Waals surface area contributed by atoms with Gasteiger partial charge in [0, 0.05) is 18.6 Å². The number of fused-ring (bicyclic) bond motifs is 1. The van der Waals surface area contributed by atoms with Crippen LogP contribution in [0.5, 0.6) is 5.75 Å². The number of carbonyl (C=O) groups excluding carboxylic acids is 1. The lowest BCUT2D eigenvalue weighted by Crippen LogP contribution is -2.48. The predicted octanol–water partition coefficient (Wildman–Crippen LogP) is 0.844. The summed E-state index contributed by atoms with van der Waals surface area (Å²) in [6, 6.07) is 12.8. The molecule has 0 amide bonds. The number of nitrogens with zero attached hydrogens (tertiary/aromatic N) is 2. The van der Waals surface area contributed by atoms with Crippen LogP contribution in [0, 0.1) is 10.4 Å². The zero-order valence-corrected chi connectivity index (χ0v) is 15.4. The third-order valence-corrected chi connectivity index (χ3v) is 4.42. The molecule has 1 aromatic heterocycles. The molecule has 0 saturated heterocycles. The van der Waals surface area contributed by atoms with Gasteiger partial charge in [0.2, 0.25) is 5.78 Å². The van der Waals surface area contributed by atoms with Crippen LogP contribution in [0.4, 0.5) is 0 Å². The van der Waals surface area contributed by atoms with E-state index in [9.17, 15) is 20.0 Å². The van der Waals surface area contributed by atoms with Crippen LogP contribution in [0.15, 0.2) is 48.5 Å². The van der Waals surface area contributed by atoms with Gasteiger partial charge in [-0.2, -0.15) is 9.46 Å². The van der Waals surface area contributed by atoms with Gasteiger partial charge in [-0.25, -0.2) is 0 Å². The average Bonchev–Trinajstić information content (AvgIpc) is 2.74. The quantitative estimate of drug-likeness (QED) is 0.326. The molecule has 0 aliphatic rings. The Balaban J connectivity index is 1.90. The second-order valence-electron chi connectivity index (χ2n) is 6.33. The van der Waals surface area contributed by atoms with Gasteiger partial charge in [-0.05, 0) is 24.1 Å². The third kappa shape index (κ3) is 4.25. The summed E-state index contributed by atoms with van der Waals surface area (Å²) in [6.07, 6.45) is 0.397. The number of hydrogen-bond donors (Lipinski definition) is 2. The van der Waals surface area contributed by atoms with Gasteiger partial charge in [0.15, 0.2) is 6.61 Å². The van der Waals surface area contributed by atoms with Crippen molar-refractivity contribution < 1.29 is 28.9 Å². The monoisotopic (exact) mass is 397 g/mol. The van der Waals surface area contributed by atoms with Crippen LogP contribution in [0.2, 0.25) is 0 Å². The molecule has 0 aliphatic heterocycles. The molecule has 29 heavy (non-hydrogen) atoms. The van der Waals surface area contributed by atoms with E-state index in [2.05, 4.69) is 0 Å². The molecule has 2 aromatic carbocycles. The molecule has 3 rings (SSSR count). The van der Waals surface area contributed by atoms with Crippen LogP contribution in [-0.2, 0) is 17.8 Å². The molecule has 150 valence electrons. The average molecular weight is 397 g/mol. The molecule has 3 aromatic rings. The molecule has 3 N–H and O–H groups in total. The van der Waals surface area contributed by atoms with Gasteiger partial charge in [0.1, 0.15) is 5.75 Å². The summed E-state index contributed by atoms with van der Waals surface area (Å²) in [7, 11) is 0. The number of benzene rings is 2. The first kappa shape index (κ1) is 20.0. The predicted molar refractivity (Wildman–Crippen MR) is 102 cm³/mol. The Morgan fingerprint density at radius 1 is 1.00 bits per heavy atom. The topological polar surface area (TPSA) is 144 Å². The molecule has 0 fully saturated rings. The fraction of sp³-hybridized carbons (Fsp3) is 0.200. The number of ketones is 1. The lowest BCUT2D eigenvalue weighted by molar-refractivity contribution is -0.637. The van der Waals surface area contributed by atoms with Crippen LogP contribution >= 0.6 is 0 Å². The van der Waals surface area contributed by atoms with Crippen molar-refractivity contribution in [1.29, 1.82) is 0 Å². The lowest BCUT2D eigenvalue weighted by atomic mass is 10.1. The van der Waals surface area contributed by atoms with Crippen molar-refractivity contribution in [3.8, 4) is 5.75 Å². The summed E-state index contributed by atoms with van der Waals surface area (Å²) in [5, 5.41) is 34.2. The number of ether oxygens (including phenoxy) is 1. The standard InChI is InChI=1S/C20H19N3O6/c21-11-18(24)20-17(22(27)15-3-1-2-4-16(15)23(20)28)12-29-14-8-5-13(6-9-14)7-10-19(25)26/h1-6,8-9H,7,10-12,21H2,(H,25,26). The smallest absolute Gasteiger partial charge is 0.334 e. The Hall–Kier alpha value is -3.72. The van der Waals surface area contributed by atoms with Gasteiger partial charge >= 0.3 is 17.4 Å². The highest BCUT2D eigenvalue weighted by Crippen LogP contribution is 2.16. The Labute approximate surface area is 165 Å². The number of hydrogen-bond acceptors (Lipinski definition) is 6. The summed E-state index contributed by atoms with van der Waals surface area (Å²) in [4.78, 5) is 22.9. The van der Waals surface area contributed by atoms with Crippen LogP contribution in [0.1, 0.15) is 28.2 Å². The van der Waals surface area contributed by atoms with E-state index in [1.54, 1.807) is 36.4 Å². The normalized spacial score (nSPS) is 10.8. The van der Waals surface area contributed by atoms with Crippen LogP contribution in [0.3, 0.4) is 0 Å². The second kappa shape index (κ2) is 8.53. The highest BCUT2D eigenvalue weighted by atomic mass is 16.5. The molecule has 9 nitrogen and oxygen atoms in total. The second-order valence-corrected chi connectivity index (χ2v) is 6.33. The number of carboxylic acid groups (broad SMARTS) is 1. The maximum absolute atomic E-state index is 12.8. The molecule has 0 saturated carbocycles. The number of rotatable bonds is 8. The Morgan fingerprint density at radius 3 is 2.21 bits per heavy atom. The molecule has 0 unspecified atom stereocenters. The summed E-state index contributed by atoms with van der Waals surface area (Å²) < 4.78 is 6.53. The highest BCUT2D eigenvalue weighted by Gasteiger charge is 2.32. The van der Waals surface area contributed by atoms with Gasteiger partial charge in [0.05, 0.1) is 6.54 Å². The minimum absolute atomic E-state index is 0.0154. The Kier molecular flexibility index (Phi) is 5.89. The van der Waals surface area contributed by atoms with Crippen molar-refractivity contribution in [2.45, 2.75) is 19.4 Å². The van der Waals surface area contributed by atoms with E-state index in [4.69, 9.17) is 15.6 Å². The minimum Gasteiger partial charge on any atom is -0.618 e. The van der Waals surface area contributed by atoms with E-state index >= 15 is 0 Å². The van der Waals surface area contributed by atoms with Gasteiger partial charge < -0.3 is 26.0 Å². The first-order valence-corrected chi connectivity index (χ1v) is 8.86. The molecule has 0 bridgehead atoms. The number of aromatic nitrogens is 2. The Bertz CT molecular complexity index is 1070. The molecule has 0 atom stereocenters. The number of aryl methyl sites for hydroxylation is 1. The van der Waals surface area contributed by atoms with E-state index in [1.807, 2.05) is 0 Å². The Morgan fingerprint density at radius 2 is 1.62 bits per heavy atom. The van der Waals surface area contributed by atoms with Gasteiger partial charge in [-0.3, -0.25) is 9.59 Å². The zero-order valence-electron chi connectivity index (χ0n) is 15.4. The maximum atomic E-state index is 12.8. The first-order valence-electron chi connectivity index (χ1n) is 8.86. The van der Waals surface area contributed by atoms with Crippen molar-refractivity contribution >= 4 is 22.8 Å². The summed E-state index contributed by atoms with van der Waals surface area (Å²) in [5.41, 5.74) is 5.92. The zero-order chi connectivity index (χ0) is 21.0. The maximum Gasteiger partial charge on any atom is 0.334 e. The van der Waals surface area contributed by atoms with Crippen molar-refractivity contribution in [3.63, 3.8) is 0 Å². The lowest BCUT2D eigenvalue weighted by Gasteiger charge is -2.13. The number of carboxylic acids is 1. The molecule has 0 spiro atoms. The molecular formula is C20H19N3O6. The SMILES string of the molecule is NCC(=O)c1c(COc2ccc(CCC(=O)O)cc2)[n+]([O-])c2ccccc2[n+]1[O-].